The average Bonchev–Trinajstić information content (AvgIpc) is 2.87. The van der Waals surface area contributed by atoms with Gasteiger partial charge in [0.2, 0.25) is 0 Å². The summed E-state index contributed by atoms with van der Waals surface area (Å²) in [5.74, 6) is -0.155. The highest BCUT2D eigenvalue weighted by Crippen LogP contribution is 2.22. The Morgan fingerprint density at radius 3 is 2.95 bits per heavy atom. The first-order valence-corrected chi connectivity index (χ1v) is 6.37. The summed E-state index contributed by atoms with van der Waals surface area (Å²) >= 11 is 0. The van der Waals surface area contributed by atoms with Crippen molar-refractivity contribution in [1.29, 1.82) is 0 Å². The fourth-order valence-corrected chi connectivity index (χ4v) is 2.11. The molecule has 0 spiro atoms. The Morgan fingerprint density at radius 2 is 2.19 bits per heavy atom. The molecule has 0 bridgehead atoms. The van der Waals surface area contributed by atoms with E-state index in [1.165, 1.54) is 0 Å². The summed E-state index contributed by atoms with van der Waals surface area (Å²) < 4.78 is 6.79. The molecule has 0 fully saturated rings. The minimum absolute atomic E-state index is 0.113. The Labute approximate surface area is 120 Å². The van der Waals surface area contributed by atoms with Crippen LogP contribution in [-0.4, -0.2) is 32.8 Å². The number of methoxy groups -OCH3 is 1. The van der Waals surface area contributed by atoms with Crippen molar-refractivity contribution < 1.29 is 14.6 Å². The minimum Gasteiger partial charge on any atom is -0.497 e. The predicted octanol–water partition coefficient (Wildman–Crippen LogP) is 2.03. The van der Waals surface area contributed by atoms with Crippen molar-refractivity contribution in [3.8, 4) is 17.0 Å². The number of carbonyl (C=O) groups is 1. The number of hydrogen-bond acceptors (Lipinski definition) is 4. The van der Waals surface area contributed by atoms with Gasteiger partial charge in [0.25, 0.3) is 0 Å². The molecule has 0 radical (unpaired) electrons. The first kappa shape index (κ1) is 13.1. The highest BCUT2D eigenvalue weighted by Gasteiger charge is 2.08. The molecule has 0 amide bonds. The van der Waals surface area contributed by atoms with Gasteiger partial charge >= 0.3 is 5.97 Å². The molecule has 106 valence electrons. The van der Waals surface area contributed by atoms with Crippen LogP contribution in [0, 0.1) is 0 Å². The summed E-state index contributed by atoms with van der Waals surface area (Å²) in [7, 11) is 1.61. The number of hydrogen-bond donors (Lipinski definition) is 1. The number of aliphatic carboxylic acids is 1. The standard InChI is InChI=1S/C15H13N3O3/c1-21-12-4-2-3-10(7-12)13-5-6-14-16-11(8-15(19)20)9-18(14)17-13/h2-7,9H,8H2,1H3,(H,19,20). The highest BCUT2D eigenvalue weighted by molar-refractivity contribution is 5.70. The van der Waals surface area contributed by atoms with Gasteiger partial charge in [-0.15, -0.1) is 0 Å². The Hall–Kier alpha value is -2.89. The molecule has 1 aromatic carbocycles. The highest BCUT2D eigenvalue weighted by atomic mass is 16.5. The van der Waals surface area contributed by atoms with Crippen LogP contribution in [-0.2, 0) is 11.2 Å². The zero-order valence-corrected chi connectivity index (χ0v) is 11.4. The van der Waals surface area contributed by atoms with Crippen LogP contribution in [0.15, 0.2) is 42.6 Å². The second-order valence-electron chi connectivity index (χ2n) is 4.56. The van der Waals surface area contributed by atoms with Crippen LogP contribution in [0.3, 0.4) is 0 Å². The van der Waals surface area contributed by atoms with E-state index < -0.39 is 5.97 Å². The molecule has 0 aliphatic rings. The van der Waals surface area contributed by atoms with Gasteiger partial charge in [0.05, 0.1) is 31.1 Å². The van der Waals surface area contributed by atoms with Crippen molar-refractivity contribution >= 4 is 11.6 Å². The molecule has 1 N–H and O–H groups in total. The van der Waals surface area contributed by atoms with Crippen molar-refractivity contribution in [2.24, 2.45) is 0 Å². The lowest BCUT2D eigenvalue weighted by Crippen LogP contribution is -1.99. The van der Waals surface area contributed by atoms with E-state index in [1.807, 2.05) is 36.4 Å². The molecule has 6 heteroatoms. The van der Waals surface area contributed by atoms with Crippen molar-refractivity contribution in [2.45, 2.75) is 6.42 Å². The van der Waals surface area contributed by atoms with E-state index in [9.17, 15) is 4.79 Å². The quantitative estimate of drug-likeness (QED) is 0.792. The Bertz CT molecular complexity index is 811. The number of benzene rings is 1. The van der Waals surface area contributed by atoms with E-state index in [1.54, 1.807) is 17.8 Å². The fraction of sp³-hybridized carbons (Fsp3) is 0.133. The number of carboxylic acid groups (broad SMARTS) is 1. The van der Waals surface area contributed by atoms with E-state index in [2.05, 4.69) is 10.1 Å². The normalized spacial score (nSPS) is 10.7. The molecule has 0 atom stereocenters. The second-order valence-corrected chi connectivity index (χ2v) is 4.56. The van der Waals surface area contributed by atoms with Gasteiger partial charge in [-0.1, -0.05) is 12.1 Å². The molecular formula is C15H13N3O3. The topological polar surface area (TPSA) is 76.7 Å². The van der Waals surface area contributed by atoms with E-state index in [-0.39, 0.29) is 6.42 Å². The lowest BCUT2D eigenvalue weighted by Gasteiger charge is -2.04. The monoisotopic (exact) mass is 283 g/mol. The molecule has 0 unspecified atom stereocenters. The second kappa shape index (κ2) is 5.24. The molecule has 6 nitrogen and oxygen atoms in total. The molecule has 0 aliphatic heterocycles. The third-order valence-corrected chi connectivity index (χ3v) is 3.07. The van der Waals surface area contributed by atoms with Crippen molar-refractivity contribution in [3.05, 3.63) is 48.3 Å². The lowest BCUT2D eigenvalue weighted by atomic mass is 10.1. The Morgan fingerprint density at radius 1 is 1.33 bits per heavy atom. The third kappa shape index (κ3) is 2.69. The first-order valence-electron chi connectivity index (χ1n) is 6.37. The number of nitrogens with zero attached hydrogens (tertiary/aromatic N) is 3. The summed E-state index contributed by atoms with van der Waals surface area (Å²) in [5.41, 5.74) is 2.79. The fourth-order valence-electron chi connectivity index (χ4n) is 2.11. The van der Waals surface area contributed by atoms with E-state index in [0.717, 1.165) is 17.0 Å². The minimum atomic E-state index is -0.911. The molecule has 2 aromatic heterocycles. The molecule has 0 aliphatic carbocycles. The molecule has 21 heavy (non-hydrogen) atoms. The first-order chi connectivity index (χ1) is 10.2. The molecular weight excluding hydrogens is 270 g/mol. The smallest absolute Gasteiger partial charge is 0.309 e. The van der Waals surface area contributed by atoms with Crippen LogP contribution in [0.5, 0.6) is 5.75 Å². The van der Waals surface area contributed by atoms with Gasteiger partial charge in [-0.3, -0.25) is 4.79 Å². The van der Waals surface area contributed by atoms with Gasteiger partial charge in [-0.05, 0) is 24.3 Å². The van der Waals surface area contributed by atoms with E-state index in [0.29, 0.717) is 11.3 Å². The van der Waals surface area contributed by atoms with E-state index >= 15 is 0 Å². The van der Waals surface area contributed by atoms with Crippen molar-refractivity contribution in [1.82, 2.24) is 14.6 Å². The average molecular weight is 283 g/mol. The summed E-state index contributed by atoms with van der Waals surface area (Å²) in [6.07, 6.45) is 1.52. The van der Waals surface area contributed by atoms with Crippen LogP contribution in [0.4, 0.5) is 0 Å². The predicted molar refractivity (Wildman–Crippen MR) is 76.3 cm³/mol. The molecule has 3 rings (SSSR count). The summed E-state index contributed by atoms with van der Waals surface area (Å²) in [4.78, 5) is 14.9. The van der Waals surface area contributed by atoms with Gasteiger partial charge in [-0.25, -0.2) is 9.50 Å². The van der Waals surface area contributed by atoms with Gasteiger partial charge in [0.1, 0.15) is 5.75 Å². The maximum absolute atomic E-state index is 10.7. The van der Waals surface area contributed by atoms with Gasteiger partial charge in [0, 0.05) is 5.56 Å². The number of aromatic nitrogens is 3. The van der Waals surface area contributed by atoms with Crippen molar-refractivity contribution in [3.63, 3.8) is 0 Å². The van der Waals surface area contributed by atoms with Crippen LogP contribution >= 0.6 is 0 Å². The number of rotatable bonds is 4. The van der Waals surface area contributed by atoms with Gasteiger partial charge in [-0.2, -0.15) is 5.10 Å². The SMILES string of the molecule is COc1cccc(-c2ccc3nc(CC(=O)O)cn3n2)c1. The third-order valence-electron chi connectivity index (χ3n) is 3.07. The molecule has 0 saturated heterocycles. The summed E-state index contributed by atoms with van der Waals surface area (Å²) in [6, 6.07) is 11.2. The maximum Gasteiger partial charge on any atom is 0.309 e. The summed E-state index contributed by atoms with van der Waals surface area (Å²) in [6.45, 7) is 0. The van der Waals surface area contributed by atoms with Gasteiger partial charge < -0.3 is 9.84 Å². The number of ether oxygens (including phenoxy) is 1. The molecule has 3 aromatic rings. The van der Waals surface area contributed by atoms with E-state index in [4.69, 9.17) is 9.84 Å². The number of imidazole rings is 1. The zero-order valence-electron chi connectivity index (χ0n) is 11.4. The van der Waals surface area contributed by atoms with Crippen LogP contribution in [0.25, 0.3) is 16.9 Å². The lowest BCUT2D eigenvalue weighted by molar-refractivity contribution is -0.136. The van der Waals surface area contributed by atoms with Crippen LogP contribution in [0.2, 0.25) is 0 Å². The Kier molecular flexibility index (Phi) is 3.27. The number of carboxylic acids is 1. The van der Waals surface area contributed by atoms with Crippen molar-refractivity contribution in [2.75, 3.05) is 7.11 Å². The largest absolute Gasteiger partial charge is 0.497 e. The summed E-state index contributed by atoms with van der Waals surface area (Å²) in [5, 5.41) is 13.3. The van der Waals surface area contributed by atoms with Gasteiger partial charge in [0.15, 0.2) is 5.65 Å². The van der Waals surface area contributed by atoms with Crippen LogP contribution < -0.4 is 4.74 Å². The maximum atomic E-state index is 10.7. The molecule has 2 heterocycles. The number of fused-ring (bicyclic) bond motifs is 1. The molecule has 0 saturated carbocycles. The zero-order chi connectivity index (χ0) is 14.8. The Balaban J connectivity index is 2.01. The van der Waals surface area contributed by atoms with Crippen LogP contribution in [0.1, 0.15) is 5.69 Å².